The van der Waals surface area contributed by atoms with Crippen LogP contribution >= 0.6 is 0 Å². The molecule has 5 rings (SSSR count). The van der Waals surface area contributed by atoms with Crippen LogP contribution in [0.25, 0.3) is 21.8 Å². The summed E-state index contributed by atoms with van der Waals surface area (Å²) < 4.78 is 1.85. The zero-order valence-corrected chi connectivity index (χ0v) is 18.2. The molecule has 0 bridgehead atoms. The SMILES string of the molecule is Cc1cc(CN(CCc2c[nH]c3ccccc23)C(=O)c2cnc3ccccc3c2)n(C)n1. The fourth-order valence-electron chi connectivity index (χ4n) is 4.22. The number of benzene rings is 2. The van der Waals surface area contributed by atoms with Gasteiger partial charge in [-0.1, -0.05) is 36.4 Å². The summed E-state index contributed by atoms with van der Waals surface area (Å²) in [4.78, 5) is 23.3. The lowest BCUT2D eigenvalue weighted by Gasteiger charge is -2.23. The fourth-order valence-corrected chi connectivity index (χ4v) is 4.22. The van der Waals surface area contributed by atoms with Crippen molar-refractivity contribution in [2.45, 2.75) is 19.9 Å². The number of aryl methyl sites for hydroxylation is 2. The van der Waals surface area contributed by atoms with Crippen molar-refractivity contribution in [3.8, 4) is 0 Å². The predicted octanol–water partition coefficient (Wildman–Crippen LogP) is 4.64. The molecule has 3 aromatic heterocycles. The van der Waals surface area contributed by atoms with Crippen LogP contribution in [-0.4, -0.2) is 37.1 Å². The van der Waals surface area contributed by atoms with Crippen LogP contribution in [0.1, 0.15) is 27.3 Å². The van der Waals surface area contributed by atoms with Crippen molar-refractivity contribution < 1.29 is 4.79 Å². The highest BCUT2D eigenvalue weighted by molar-refractivity contribution is 5.97. The Morgan fingerprint density at radius 1 is 1.09 bits per heavy atom. The number of nitrogens with one attached hydrogen (secondary N) is 1. The normalized spacial score (nSPS) is 11.3. The molecule has 0 aliphatic rings. The van der Waals surface area contributed by atoms with Crippen LogP contribution in [0.3, 0.4) is 0 Å². The maximum absolute atomic E-state index is 13.6. The summed E-state index contributed by atoms with van der Waals surface area (Å²) in [6.07, 6.45) is 4.48. The van der Waals surface area contributed by atoms with Crippen molar-refractivity contribution in [3.63, 3.8) is 0 Å². The van der Waals surface area contributed by atoms with Crippen molar-refractivity contribution in [1.82, 2.24) is 24.6 Å². The molecular weight excluding hydrogens is 398 g/mol. The average Bonchev–Trinajstić information content (AvgIpc) is 3.37. The van der Waals surface area contributed by atoms with Crippen molar-refractivity contribution in [2.75, 3.05) is 6.54 Å². The molecule has 1 N–H and O–H groups in total. The molecule has 0 aliphatic carbocycles. The van der Waals surface area contributed by atoms with Gasteiger partial charge in [-0.15, -0.1) is 0 Å². The van der Waals surface area contributed by atoms with Crippen molar-refractivity contribution >= 4 is 27.7 Å². The summed E-state index contributed by atoms with van der Waals surface area (Å²) in [5, 5.41) is 6.61. The maximum atomic E-state index is 13.6. The van der Waals surface area contributed by atoms with Crippen molar-refractivity contribution in [2.24, 2.45) is 7.05 Å². The summed E-state index contributed by atoms with van der Waals surface area (Å²) in [6.45, 7) is 3.05. The minimum Gasteiger partial charge on any atom is -0.361 e. The van der Waals surface area contributed by atoms with E-state index in [0.717, 1.165) is 34.2 Å². The predicted molar refractivity (Wildman–Crippen MR) is 126 cm³/mol. The van der Waals surface area contributed by atoms with Gasteiger partial charge in [-0.25, -0.2) is 0 Å². The maximum Gasteiger partial charge on any atom is 0.255 e. The summed E-state index contributed by atoms with van der Waals surface area (Å²) in [5.74, 6) is -0.0260. The van der Waals surface area contributed by atoms with E-state index in [4.69, 9.17) is 0 Å². The number of para-hydroxylation sites is 2. The van der Waals surface area contributed by atoms with E-state index >= 15 is 0 Å². The van der Waals surface area contributed by atoms with Crippen LogP contribution in [-0.2, 0) is 20.0 Å². The number of rotatable bonds is 6. The number of pyridine rings is 1. The lowest BCUT2D eigenvalue weighted by Crippen LogP contribution is -2.33. The number of carbonyl (C=O) groups is 1. The molecular formula is C26H25N5O. The Labute approximate surface area is 186 Å². The molecule has 32 heavy (non-hydrogen) atoms. The van der Waals surface area contributed by atoms with E-state index in [9.17, 15) is 4.79 Å². The van der Waals surface area contributed by atoms with E-state index in [2.05, 4.69) is 27.2 Å². The molecule has 0 fully saturated rings. The van der Waals surface area contributed by atoms with Crippen LogP contribution in [0.2, 0.25) is 0 Å². The van der Waals surface area contributed by atoms with Gasteiger partial charge in [0.15, 0.2) is 0 Å². The molecule has 3 heterocycles. The second kappa shape index (κ2) is 8.30. The Bertz CT molecular complexity index is 1410. The van der Waals surface area contributed by atoms with Crippen LogP contribution in [0.4, 0.5) is 0 Å². The van der Waals surface area contributed by atoms with Crippen LogP contribution in [0.15, 0.2) is 73.1 Å². The lowest BCUT2D eigenvalue weighted by atomic mass is 10.1. The van der Waals surface area contributed by atoms with E-state index in [-0.39, 0.29) is 5.91 Å². The Morgan fingerprint density at radius 2 is 1.91 bits per heavy atom. The van der Waals surface area contributed by atoms with Gasteiger partial charge in [-0.2, -0.15) is 5.10 Å². The van der Waals surface area contributed by atoms with E-state index < -0.39 is 0 Å². The van der Waals surface area contributed by atoms with Gasteiger partial charge in [-0.05, 0) is 43.2 Å². The number of hydrogen-bond acceptors (Lipinski definition) is 3. The van der Waals surface area contributed by atoms with Gasteiger partial charge in [0.05, 0.1) is 29.0 Å². The number of aromatic amines is 1. The first-order chi connectivity index (χ1) is 15.6. The Kier molecular flexibility index (Phi) is 5.19. The lowest BCUT2D eigenvalue weighted by molar-refractivity contribution is 0.0741. The van der Waals surface area contributed by atoms with Gasteiger partial charge in [0.2, 0.25) is 0 Å². The monoisotopic (exact) mass is 423 g/mol. The Balaban J connectivity index is 1.45. The molecule has 0 unspecified atom stereocenters. The minimum absolute atomic E-state index is 0.0260. The zero-order chi connectivity index (χ0) is 22.1. The van der Waals surface area contributed by atoms with Crippen LogP contribution in [0.5, 0.6) is 0 Å². The number of hydrogen-bond donors (Lipinski definition) is 1. The molecule has 0 atom stereocenters. The first-order valence-electron chi connectivity index (χ1n) is 10.8. The molecule has 0 spiro atoms. The van der Waals surface area contributed by atoms with Crippen molar-refractivity contribution in [1.29, 1.82) is 0 Å². The molecule has 6 heteroatoms. The number of amides is 1. The summed E-state index contributed by atoms with van der Waals surface area (Å²) in [6, 6.07) is 20.1. The number of carbonyl (C=O) groups excluding carboxylic acids is 1. The van der Waals surface area contributed by atoms with Gasteiger partial charge in [-0.3, -0.25) is 14.5 Å². The van der Waals surface area contributed by atoms with Gasteiger partial charge < -0.3 is 9.88 Å². The second-order valence-corrected chi connectivity index (χ2v) is 8.15. The van der Waals surface area contributed by atoms with Gasteiger partial charge in [0, 0.05) is 42.3 Å². The molecule has 0 saturated heterocycles. The third-order valence-corrected chi connectivity index (χ3v) is 5.90. The summed E-state index contributed by atoms with van der Waals surface area (Å²) >= 11 is 0. The molecule has 160 valence electrons. The Morgan fingerprint density at radius 3 is 2.75 bits per heavy atom. The Hall–Kier alpha value is -3.93. The summed E-state index contributed by atoms with van der Waals surface area (Å²) in [5.41, 5.74) is 5.75. The summed E-state index contributed by atoms with van der Waals surface area (Å²) in [7, 11) is 1.92. The fraction of sp³-hybridized carbons (Fsp3) is 0.192. The third-order valence-electron chi connectivity index (χ3n) is 5.90. The molecule has 0 radical (unpaired) electrons. The van der Waals surface area contributed by atoms with E-state index in [1.165, 1.54) is 10.9 Å². The minimum atomic E-state index is -0.0260. The van der Waals surface area contributed by atoms with E-state index in [1.54, 1.807) is 6.20 Å². The number of nitrogens with zero attached hydrogens (tertiary/aromatic N) is 4. The number of H-pyrrole nitrogens is 1. The first kappa shape index (κ1) is 20.0. The quantitative estimate of drug-likeness (QED) is 0.433. The van der Waals surface area contributed by atoms with Gasteiger partial charge in [0.1, 0.15) is 0 Å². The van der Waals surface area contributed by atoms with E-state index in [1.807, 2.05) is 78.3 Å². The zero-order valence-electron chi connectivity index (χ0n) is 18.2. The third kappa shape index (κ3) is 3.87. The molecule has 0 saturated carbocycles. The molecule has 6 nitrogen and oxygen atoms in total. The van der Waals surface area contributed by atoms with Gasteiger partial charge >= 0.3 is 0 Å². The number of fused-ring (bicyclic) bond motifs is 2. The first-order valence-corrected chi connectivity index (χ1v) is 10.8. The van der Waals surface area contributed by atoms with Gasteiger partial charge in [0.25, 0.3) is 5.91 Å². The van der Waals surface area contributed by atoms with Crippen molar-refractivity contribution in [3.05, 3.63) is 95.6 Å². The highest BCUT2D eigenvalue weighted by Crippen LogP contribution is 2.20. The van der Waals surface area contributed by atoms with Crippen LogP contribution < -0.4 is 0 Å². The highest BCUT2D eigenvalue weighted by Gasteiger charge is 2.19. The van der Waals surface area contributed by atoms with E-state index in [0.29, 0.717) is 18.7 Å². The topological polar surface area (TPSA) is 66.8 Å². The number of aromatic nitrogens is 4. The van der Waals surface area contributed by atoms with Crippen LogP contribution in [0, 0.1) is 6.92 Å². The average molecular weight is 424 g/mol. The smallest absolute Gasteiger partial charge is 0.255 e. The molecule has 1 amide bonds. The standard InChI is InChI=1S/C26H25N5O/c1-18-13-22(30(2)29-18)17-31(12-11-20-15-28-25-10-6-4-8-23(20)25)26(32)21-14-19-7-3-5-9-24(19)27-16-21/h3-10,13-16,28H,11-12,17H2,1-2H3. The molecule has 2 aromatic carbocycles. The largest absolute Gasteiger partial charge is 0.361 e. The molecule has 5 aromatic rings. The molecule has 0 aliphatic heterocycles. The highest BCUT2D eigenvalue weighted by atomic mass is 16.2. The second-order valence-electron chi connectivity index (χ2n) is 8.15.